The molecule has 0 amide bonds. The molecule has 96 valence electrons. The van der Waals surface area contributed by atoms with Gasteiger partial charge in [-0.1, -0.05) is 30.3 Å². The molecule has 0 bridgehead atoms. The number of hydrogen-bond donors (Lipinski definition) is 1. The molecule has 0 fully saturated rings. The maximum atomic E-state index is 12.1. The summed E-state index contributed by atoms with van der Waals surface area (Å²) in [6.45, 7) is 3.47. The number of alkyl halides is 3. The fourth-order valence-electron chi connectivity index (χ4n) is 1.92. The second kappa shape index (κ2) is 6.05. The highest BCUT2D eigenvalue weighted by Gasteiger charge is 2.30. The zero-order valence-electron chi connectivity index (χ0n) is 10.1. The predicted octanol–water partition coefficient (Wildman–Crippen LogP) is 3.55. The molecule has 4 heteroatoms. The normalized spacial score (nSPS) is 15.6. The lowest BCUT2D eigenvalue weighted by Gasteiger charge is -2.21. The summed E-state index contributed by atoms with van der Waals surface area (Å²) in [6, 6.07) is 9.23. The molecule has 1 rings (SSSR count). The summed E-state index contributed by atoms with van der Waals surface area (Å²) >= 11 is 0. The number of halogens is 3. The second-order valence-corrected chi connectivity index (χ2v) is 4.48. The van der Waals surface area contributed by atoms with E-state index in [9.17, 15) is 13.2 Å². The third-order valence-corrected chi connectivity index (χ3v) is 2.49. The van der Waals surface area contributed by atoms with Crippen molar-refractivity contribution in [2.75, 3.05) is 0 Å². The van der Waals surface area contributed by atoms with Crippen molar-refractivity contribution in [3.63, 3.8) is 0 Å². The van der Waals surface area contributed by atoms with Crippen molar-refractivity contribution >= 4 is 0 Å². The van der Waals surface area contributed by atoms with Crippen LogP contribution in [0.4, 0.5) is 13.2 Å². The van der Waals surface area contributed by atoms with Gasteiger partial charge in [0, 0.05) is 12.1 Å². The van der Waals surface area contributed by atoms with Gasteiger partial charge in [-0.15, -0.1) is 0 Å². The van der Waals surface area contributed by atoms with E-state index in [4.69, 9.17) is 0 Å². The summed E-state index contributed by atoms with van der Waals surface area (Å²) in [5.41, 5.74) is 1.13. The molecule has 2 atom stereocenters. The van der Waals surface area contributed by atoms with Gasteiger partial charge in [0.1, 0.15) is 0 Å². The molecule has 1 nitrogen and oxygen atoms in total. The molecule has 0 aromatic heterocycles. The molecule has 0 spiro atoms. The topological polar surface area (TPSA) is 12.0 Å². The first-order valence-electron chi connectivity index (χ1n) is 5.73. The minimum Gasteiger partial charge on any atom is -0.311 e. The Kier molecular flexibility index (Phi) is 5.00. The molecule has 2 unspecified atom stereocenters. The van der Waals surface area contributed by atoms with E-state index >= 15 is 0 Å². The first-order chi connectivity index (χ1) is 7.87. The van der Waals surface area contributed by atoms with E-state index in [-0.39, 0.29) is 6.04 Å². The SMILES string of the molecule is CC(Cc1ccccc1)NC(C)CC(F)(F)F. The van der Waals surface area contributed by atoms with Crippen LogP contribution in [0.15, 0.2) is 30.3 Å². The molecule has 17 heavy (non-hydrogen) atoms. The van der Waals surface area contributed by atoms with Crippen molar-refractivity contribution in [2.45, 2.75) is 44.9 Å². The minimum absolute atomic E-state index is 0.0368. The Labute approximate surface area is 100 Å². The zero-order chi connectivity index (χ0) is 12.9. The maximum Gasteiger partial charge on any atom is 0.390 e. The van der Waals surface area contributed by atoms with E-state index in [1.54, 1.807) is 6.92 Å². The van der Waals surface area contributed by atoms with E-state index in [2.05, 4.69) is 5.32 Å². The van der Waals surface area contributed by atoms with Crippen molar-refractivity contribution in [3.8, 4) is 0 Å². The summed E-state index contributed by atoms with van der Waals surface area (Å²) in [4.78, 5) is 0. The molecule has 0 aliphatic heterocycles. The van der Waals surface area contributed by atoms with Gasteiger partial charge in [0.15, 0.2) is 0 Å². The van der Waals surface area contributed by atoms with Gasteiger partial charge in [0.25, 0.3) is 0 Å². The van der Waals surface area contributed by atoms with Gasteiger partial charge >= 0.3 is 6.18 Å². The molecule has 0 saturated carbocycles. The summed E-state index contributed by atoms with van der Waals surface area (Å²) in [5, 5.41) is 2.96. The van der Waals surface area contributed by atoms with Crippen LogP contribution in [0.3, 0.4) is 0 Å². The van der Waals surface area contributed by atoms with Gasteiger partial charge in [0.05, 0.1) is 6.42 Å². The Hall–Kier alpha value is -1.03. The van der Waals surface area contributed by atoms with E-state index < -0.39 is 18.6 Å². The zero-order valence-corrected chi connectivity index (χ0v) is 10.1. The highest BCUT2D eigenvalue weighted by Crippen LogP contribution is 2.21. The van der Waals surface area contributed by atoms with Gasteiger partial charge in [-0.25, -0.2) is 0 Å². The lowest BCUT2D eigenvalue weighted by atomic mass is 10.1. The van der Waals surface area contributed by atoms with Gasteiger partial charge in [-0.05, 0) is 25.8 Å². The molecule has 1 N–H and O–H groups in total. The molecule has 1 aromatic rings. The molecular formula is C13H18F3N. The van der Waals surface area contributed by atoms with Crippen LogP contribution in [0.2, 0.25) is 0 Å². The largest absolute Gasteiger partial charge is 0.390 e. The molecular weight excluding hydrogens is 227 g/mol. The van der Waals surface area contributed by atoms with Gasteiger partial charge in [-0.3, -0.25) is 0 Å². The average Bonchev–Trinajstić information content (AvgIpc) is 2.15. The fraction of sp³-hybridized carbons (Fsp3) is 0.538. The van der Waals surface area contributed by atoms with Crippen LogP contribution in [-0.4, -0.2) is 18.3 Å². The van der Waals surface area contributed by atoms with Crippen LogP contribution in [0, 0.1) is 0 Å². The average molecular weight is 245 g/mol. The molecule has 0 heterocycles. The van der Waals surface area contributed by atoms with Gasteiger partial charge in [0.2, 0.25) is 0 Å². The van der Waals surface area contributed by atoms with Crippen LogP contribution in [-0.2, 0) is 6.42 Å². The van der Waals surface area contributed by atoms with Crippen molar-refractivity contribution in [1.82, 2.24) is 5.32 Å². The fourth-order valence-corrected chi connectivity index (χ4v) is 1.92. The number of rotatable bonds is 5. The lowest BCUT2D eigenvalue weighted by Crippen LogP contribution is -2.38. The summed E-state index contributed by atoms with van der Waals surface area (Å²) in [6.07, 6.45) is -4.14. The lowest BCUT2D eigenvalue weighted by molar-refractivity contribution is -0.139. The Bertz CT molecular complexity index is 321. The minimum atomic E-state index is -4.10. The molecule has 0 radical (unpaired) electrons. The first kappa shape index (κ1) is 14.0. The van der Waals surface area contributed by atoms with Gasteiger partial charge < -0.3 is 5.32 Å². The summed E-state index contributed by atoms with van der Waals surface area (Å²) in [7, 11) is 0. The third-order valence-electron chi connectivity index (χ3n) is 2.49. The van der Waals surface area contributed by atoms with Gasteiger partial charge in [-0.2, -0.15) is 13.2 Å². The smallest absolute Gasteiger partial charge is 0.311 e. The first-order valence-corrected chi connectivity index (χ1v) is 5.73. The molecule has 0 saturated heterocycles. The van der Waals surface area contributed by atoms with Crippen molar-refractivity contribution in [2.24, 2.45) is 0 Å². The third kappa shape index (κ3) is 6.31. The second-order valence-electron chi connectivity index (χ2n) is 4.48. The molecule has 0 aliphatic rings. The standard InChI is InChI=1S/C13H18F3N/c1-10(8-12-6-4-3-5-7-12)17-11(2)9-13(14,15)16/h3-7,10-11,17H,8-9H2,1-2H3. The molecule has 1 aromatic carbocycles. The number of nitrogens with one attached hydrogen (secondary N) is 1. The number of hydrogen-bond acceptors (Lipinski definition) is 1. The highest BCUT2D eigenvalue weighted by atomic mass is 19.4. The van der Waals surface area contributed by atoms with E-state index in [0.29, 0.717) is 0 Å². The Morgan fingerprint density at radius 3 is 2.18 bits per heavy atom. The van der Waals surface area contributed by atoms with Crippen LogP contribution in [0.5, 0.6) is 0 Å². The monoisotopic (exact) mass is 245 g/mol. The highest BCUT2D eigenvalue weighted by molar-refractivity contribution is 5.15. The Morgan fingerprint density at radius 1 is 1.06 bits per heavy atom. The van der Waals surface area contributed by atoms with Crippen LogP contribution in [0.25, 0.3) is 0 Å². The van der Waals surface area contributed by atoms with E-state index in [0.717, 1.165) is 12.0 Å². The molecule has 0 aliphatic carbocycles. The Morgan fingerprint density at radius 2 is 1.65 bits per heavy atom. The van der Waals surface area contributed by atoms with Crippen molar-refractivity contribution < 1.29 is 13.2 Å². The Balaban J connectivity index is 2.37. The van der Waals surface area contributed by atoms with Crippen molar-refractivity contribution in [1.29, 1.82) is 0 Å². The maximum absolute atomic E-state index is 12.1. The summed E-state index contributed by atoms with van der Waals surface area (Å²) < 4.78 is 36.4. The van der Waals surface area contributed by atoms with Crippen LogP contribution >= 0.6 is 0 Å². The summed E-state index contributed by atoms with van der Waals surface area (Å²) in [5.74, 6) is 0. The van der Waals surface area contributed by atoms with E-state index in [1.807, 2.05) is 37.3 Å². The predicted molar refractivity (Wildman–Crippen MR) is 62.9 cm³/mol. The quantitative estimate of drug-likeness (QED) is 0.836. The van der Waals surface area contributed by atoms with Crippen LogP contribution in [0.1, 0.15) is 25.8 Å². The number of benzene rings is 1. The van der Waals surface area contributed by atoms with Crippen molar-refractivity contribution in [3.05, 3.63) is 35.9 Å². The van der Waals surface area contributed by atoms with Crippen LogP contribution < -0.4 is 5.32 Å². The van der Waals surface area contributed by atoms with E-state index in [1.165, 1.54) is 0 Å².